The van der Waals surface area contributed by atoms with Crippen LogP contribution in [0.3, 0.4) is 0 Å². The van der Waals surface area contributed by atoms with Crippen molar-refractivity contribution in [2.75, 3.05) is 26.4 Å². The number of allylic oxidation sites excluding steroid dienone is 2. The number of phosphoric ester groups is 1. The quantitative estimate of drug-likeness (QED) is 0.00886. The molecule has 576 valence electrons. The first-order chi connectivity index (χ1) is 47.2. The van der Waals surface area contributed by atoms with Crippen molar-refractivity contribution in [2.45, 2.75) is 402 Å². The van der Waals surface area contributed by atoms with E-state index in [0.717, 1.165) is 116 Å². The Bertz CT molecular complexity index is 2090. The highest BCUT2D eigenvalue weighted by Gasteiger charge is 2.58. The molecule has 11 N–H and O–H groups in total. The van der Waals surface area contributed by atoms with E-state index in [-0.39, 0.29) is 19.3 Å². The molecule has 1 saturated carbocycles. The minimum Gasteiger partial charge on any atom is -0.463 e. The van der Waals surface area contributed by atoms with Crippen molar-refractivity contribution in [3.05, 3.63) is 12.2 Å². The lowest BCUT2D eigenvalue weighted by molar-refractivity contribution is -0.360. The van der Waals surface area contributed by atoms with Gasteiger partial charge in [0.1, 0.15) is 98.7 Å². The van der Waals surface area contributed by atoms with Crippen LogP contribution in [0, 0.1) is 5.92 Å². The lowest BCUT2D eigenvalue weighted by Crippen LogP contribution is -2.69. The predicted octanol–water partition coefficient (Wildman–Crippen LogP) is 10.6. The molecule has 0 spiro atoms. The minimum absolute atomic E-state index is 0.0315. The zero-order valence-corrected chi connectivity index (χ0v) is 61.1. The highest BCUT2D eigenvalue weighted by atomic mass is 31.2. The molecular weight excluding hydrogens is 1290 g/mol. The van der Waals surface area contributed by atoms with Crippen LogP contribution < -0.4 is 0 Å². The van der Waals surface area contributed by atoms with Gasteiger partial charge in [0.2, 0.25) is 0 Å². The minimum atomic E-state index is -5.70. The Balaban J connectivity index is 1.74. The molecule has 2 aliphatic heterocycles. The summed E-state index contributed by atoms with van der Waals surface area (Å²) in [6.07, 6.45) is 11.4. The molecule has 0 aromatic rings. The Kier molecular flexibility index (Phi) is 49.9. The summed E-state index contributed by atoms with van der Waals surface area (Å²) in [6.45, 7) is 5.76. The summed E-state index contributed by atoms with van der Waals surface area (Å²) in [7, 11) is -5.70. The van der Waals surface area contributed by atoms with E-state index in [1.165, 1.54) is 116 Å². The number of phosphoric acid groups is 1. The van der Waals surface area contributed by atoms with Crippen molar-refractivity contribution in [1.82, 2.24) is 0 Å². The van der Waals surface area contributed by atoms with Gasteiger partial charge in [-0.2, -0.15) is 0 Å². The summed E-state index contributed by atoms with van der Waals surface area (Å²) in [5.74, 6) is -1.29. The second-order valence-corrected chi connectivity index (χ2v) is 29.4. The maximum Gasteiger partial charge on any atom is 0.472 e. The Hall–Kier alpha value is -2.30. The van der Waals surface area contributed by atoms with Gasteiger partial charge in [-0.15, -0.1) is 0 Å². The zero-order chi connectivity index (χ0) is 71.9. The Morgan fingerprint density at radius 2 is 0.776 bits per heavy atom. The largest absolute Gasteiger partial charge is 0.472 e. The number of aliphatic hydroxyl groups is 10. The second-order valence-electron chi connectivity index (χ2n) is 28.0. The molecule has 0 aromatic carbocycles. The first-order valence-electron chi connectivity index (χ1n) is 38.4. The lowest BCUT2D eigenvalue weighted by Gasteiger charge is -2.49. The average molecular weight is 1430 g/mol. The average Bonchev–Trinajstić information content (AvgIpc) is 0.764. The van der Waals surface area contributed by atoms with E-state index in [0.29, 0.717) is 25.2 Å². The summed E-state index contributed by atoms with van der Waals surface area (Å²) in [5, 5.41) is 110. The third-order valence-corrected chi connectivity index (χ3v) is 20.2. The van der Waals surface area contributed by atoms with Gasteiger partial charge in [0.25, 0.3) is 0 Å². The standard InChI is InChI=1S/C73H135O24P/c1-5-8-11-14-17-19-21-23-24-25-27-29-31-38-43-48-59(77)92-54(50-89-57(75)46-41-37-33-32-35-40-45-53(4)44-39-34-16-13-10-7-3)51-91-98(87,88)97-71-69(95-72-67(85)62(80)60(78)55(49-74)93-72)65(83)64(82)66(84)70(71)96-73-68(86)63(81)61(79)56(94-73)52-90-58(76)47-42-36-30-28-26-22-20-18-15-12-9-6-2/h19,21,53-56,60-74,78-86H,5-18,20,22-52H2,1-4H3,(H,87,88)/b21-19-. The van der Waals surface area contributed by atoms with Gasteiger partial charge in [0.05, 0.1) is 13.2 Å². The van der Waals surface area contributed by atoms with Crippen molar-refractivity contribution in [3.63, 3.8) is 0 Å². The van der Waals surface area contributed by atoms with E-state index in [1.807, 2.05) is 0 Å². The van der Waals surface area contributed by atoms with E-state index in [9.17, 15) is 74.9 Å². The van der Waals surface area contributed by atoms with Gasteiger partial charge in [-0.1, -0.05) is 245 Å². The molecule has 19 atom stereocenters. The van der Waals surface area contributed by atoms with Gasteiger partial charge in [-0.3, -0.25) is 23.4 Å². The molecular formula is C73H135O24P. The number of ether oxygens (including phenoxy) is 7. The zero-order valence-electron chi connectivity index (χ0n) is 60.2. The van der Waals surface area contributed by atoms with E-state index in [2.05, 4.69) is 39.8 Å². The Labute approximate surface area is 586 Å². The Morgan fingerprint density at radius 3 is 1.21 bits per heavy atom. The predicted molar refractivity (Wildman–Crippen MR) is 370 cm³/mol. The Morgan fingerprint density at radius 1 is 0.418 bits per heavy atom. The number of unbranched alkanes of at least 4 members (excludes halogenated alkanes) is 32. The number of esters is 3. The molecule has 19 unspecified atom stereocenters. The van der Waals surface area contributed by atoms with Gasteiger partial charge in [-0.05, 0) is 50.9 Å². The number of rotatable bonds is 59. The van der Waals surface area contributed by atoms with Crippen LogP contribution in [0.2, 0.25) is 0 Å². The van der Waals surface area contributed by atoms with Crippen LogP contribution >= 0.6 is 7.82 Å². The van der Waals surface area contributed by atoms with Gasteiger partial charge >= 0.3 is 25.7 Å². The van der Waals surface area contributed by atoms with E-state index in [4.69, 9.17) is 42.2 Å². The van der Waals surface area contributed by atoms with Crippen LogP contribution in [-0.2, 0) is 61.2 Å². The van der Waals surface area contributed by atoms with E-state index >= 15 is 0 Å². The summed E-state index contributed by atoms with van der Waals surface area (Å²) in [5.41, 5.74) is 0. The number of carbonyl (C=O) groups excluding carboxylic acids is 3. The van der Waals surface area contributed by atoms with E-state index < -0.39 is 156 Å². The molecule has 0 amide bonds. The number of aliphatic hydroxyl groups excluding tert-OH is 10. The first kappa shape index (κ1) is 89.9. The van der Waals surface area contributed by atoms with Crippen molar-refractivity contribution in [2.24, 2.45) is 5.92 Å². The van der Waals surface area contributed by atoms with Crippen molar-refractivity contribution in [3.8, 4) is 0 Å². The van der Waals surface area contributed by atoms with Gasteiger partial charge < -0.3 is 89.1 Å². The molecule has 98 heavy (non-hydrogen) atoms. The van der Waals surface area contributed by atoms with Crippen LogP contribution in [0.1, 0.15) is 297 Å². The second kappa shape index (κ2) is 54.3. The molecule has 0 bridgehead atoms. The fraction of sp³-hybridized carbons (Fsp3) is 0.932. The van der Waals surface area contributed by atoms with Crippen LogP contribution in [0.15, 0.2) is 12.2 Å². The smallest absolute Gasteiger partial charge is 0.463 e. The summed E-state index contributed by atoms with van der Waals surface area (Å²) in [6, 6.07) is 0. The molecule has 1 aliphatic carbocycles. The number of hydrogen-bond acceptors (Lipinski definition) is 23. The summed E-state index contributed by atoms with van der Waals surface area (Å²) >= 11 is 0. The first-order valence-corrected chi connectivity index (χ1v) is 39.9. The van der Waals surface area contributed by atoms with Crippen LogP contribution in [-0.4, -0.2) is 204 Å². The molecule has 2 saturated heterocycles. The number of hydrogen-bond donors (Lipinski definition) is 11. The molecule has 3 rings (SSSR count). The summed E-state index contributed by atoms with van der Waals surface area (Å²) < 4.78 is 65.1. The maximum absolute atomic E-state index is 14.3. The van der Waals surface area contributed by atoms with Gasteiger partial charge in [0.15, 0.2) is 18.7 Å². The third kappa shape index (κ3) is 37.4. The molecule has 24 nitrogen and oxygen atoms in total. The monoisotopic (exact) mass is 1430 g/mol. The number of carbonyl (C=O) groups is 3. The van der Waals surface area contributed by atoms with E-state index in [1.54, 1.807) is 0 Å². The highest BCUT2D eigenvalue weighted by molar-refractivity contribution is 7.47. The van der Waals surface area contributed by atoms with Crippen LogP contribution in [0.5, 0.6) is 0 Å². The highest BCUT2D eigenvalue weighted by Crippen LogP contribution is 2.49. The van der Waals surface area contributed by atoms with Crippen molar-refractivity contribution in [1.29, 1.82) is 0 Å². The van der Waals surface area contributed by atoms with Gasteiger partial charge in [-0.25, -0.2) is 4.57 Å². The molecule has 3 aliphatic rings. The molecule has 3 fully saturated rings. The van der Waals surface area contributed by atoms with Gasteiger partial charge in [0, 0.05) is 19.3 Å². The molecule has 0 radical (unpaired) electrons. The normalized spacial score (nSPS) is 28.0. The van der Waals surface area contributed by atoms with Crippen molar-refractivity contribution >= 4 is 25.7 Å². The van der Waals surface area contributed by atoms with Crippen LogP contribution in [0.4, 0.5) is 0 Å². The third-order valence-electron chi connectivity index (χ3n) is 19.2. The summed E-state index contributed by atoms with van der Waals surface area (Å²) in [4.78, 5) is 51.1. The van der Waals surface area contributed by atoms with Crippen molar-refractivity contribution < 1.29 is 117 Å². The fourth-order valence-electron chi connectivity index (χ4n) is 12.8. The molecule has 25 heteroatoms. The lowest BCUT2D eigenvalue weighted by atomic mass is 9.84. The fourth-order valence-corrected chi connectivity index (χ4v) is 13.8. The maximum atomic E-state index is 14.3. The molecule has 2 heterocycles. The molecule has 0 aromatic heterocycles. The topological polar surface area (TPSA) is 374 Å². The van der Waals surface area contributed by atoms with Crippen LogP contribution in [0.25, 0.3) is 0 Å². The SMILES string of the molecule is CCCCCC/C=C\CCCCCCCCCC(=O)OC(COC(=O)CCCCCCCCC(C)CCCCCCCC)COP(=O)(O)OC1C(OC2OC(CO)C(O)C(O)C2O)C(O)C(O)C(O)C1OC1OC(COC(=O)CCCCCCCCCCCCCC)C(O)C(O)C1O.